The van der Waals surface area contributed by atoms with Crippen LogP contribution in [0.15, 0.2) is 0 Å². The summed E-state index contributed by atoms with van der Waals surface area (Å²) in [4.78, 5) is 2.05. The van der Waals surface area contributed by atoms with E-state index in [1.807, 2.05) is 27.8 Å². The van der Waals surface area contributed by atoms with Crippen LogP contribution >= 0.6 is 0 Å². The second-order valence-corrected chi connectivity index (χ2v) is 4.17. The summed E-state index contributed by atoms with van der Waals surface area (Å²) >= 11 is 0. The van der Waals surface area contributed by atoms with Crippen molar-refractivity contribution in [3.63, 3.8) is 0 Å². The Bertz CT molecular complexity index is 153. The molecule has 0 radical (unpaired) electrons. The molecular weight excluding hydrogens is 169 g/mol. The van der Waals surface area contributed by atoms with E-state index >= 15 is 0 Å². The molecule has 0 bridgehead atoms. The number of alkyl halides is 1. The van der Waals surface area contributed by atoms with E-state index < -0.39 is 6.17 Å². The van der Waals surface area contributed by atoms with Gasteiger partial charge in [0.25, 0.3) is 0 Å². The standard InChI is InChI=1S/C10H20FNO/c1-7(2)13-8(3)10-9(11)5-6-12(10)4/h7-10H,5-6H2,1-4H3/t8?,9-,10+/m0/s1. The maximum atomic E-state index is 13.4. The molecule has 1 unspecified atom stereocenters. The van der Waals surface area contributed by atoms with Crippen molar-refractivity contribution >= 4 is 0 Å². The number of hydrogen-bond donors (Lipinski definition) is 0. The van der Waals surface area contributed by atoms with Crippen molar-refractivity contribution in [1.29, 1.82) is 0 Å². The van der Waals surface area contributed by atoms with Crippen LogP contribution in [0.3, 0.4) is 0 Å². The van der Waals surface area contributed by atoms with Crippen molar-refractivity contribution in [3.8, 4) is 0 Å². The van der Waals surface area contributed by atoms with E-state index in [0.717, 1.165) is 6.54 Å². The Morgan fingerprint density at radius 2 is 2.00 bits per heavy atom. The number of halogens is 1. The highest BCUT2D eigenvalue weighted by Crippen LogP contribution is 2.23. The molecule has 0 amide bonds. The molecule has 78 valence electrons. The smallest absolute Gasteiger partial charge is 0.119 e. The van der Waals surface area contributed by atoms with E-state index in [1.54, 1.807) is 0 Å². The maximum absolute atomic E-state index is 13.4. The van der Waals surface area contributed by atoms with Crippen LogP contribution in [-0.4, -0.2) is 42.9 Å². The molecule has 0 aromatic carbocycles. The minimum Gasteiger partial charge on any atom is -0.374 e. The number of rotatable bonds is 3. The number of nitrogens with zero attached hydrogens (tertiary/aromatic N) is 1. The third kappa shape index (κ3) is 2.64. The van der Waals surface area contributed by atoms with Crippen LogP contribution in [0.25, 0.3) is 0 Å². The molecule has 2 nitrogen and oxygen atoms in total. The summed E-state index contributed by atoms with van der Waals surface area (Å²) in [6, 6.07) is -0.0533. The lowest BCUT2D eigenvalue weighted by molar-refractivity contribution is -0.0339. The molecule has 0 aromatic rings. The Labute approximate surface area is 80.1 Å². The van der Waals surface area contributed by atoms with Crippen molar-refractivity contribution in [2.24, 2.45) is 0 Å². The summed E-state index contributed by atoms with van der Waals surface area (Å²) in [5.74, 6) is 0. The SMILES string of the molecule is CC(C)OC(C)[C@@H]1[C@@H](F)CCN1C. The van der Waals surface area contributed by atoms with Gasteiger partial charge in [-0.25, -0.2) is 4.39 Å². The van der Waals surface area contributed by atoms with Gasteiger partial charge in [-0.3, -0.25) is 4.90 Å². The topological polar surface area (TPSA) is 12.5 Å². The van der Waals surface area contributed by atoms with Gasteiger partial charge in [0.2, 0.25) is 0 Å². The molecule has 3 atom stereocenters. The van der Waals surface area contributed by atoms with Crippen LogP contribution < -0.4 is 0 Å². The molecule has 1 aliphatic rings. The monoisotopic (exact) mass is 189 g/mol. The van der Waals surface area contributed by atoms with Gasteiger partial charge in [-0.05, 0) is 34.2 Å². The van der Waals surface area contributed by atoms with Crippen molar-refractivity contribution in [2.45, 2.75) is 51.6 Å². The minimum atomic E-state index is -0.723. The lowest BCUT2D eigenvalue weighted by Crippen LogP contribution is -2.42. The Morgan fingerprint density at radius 1 is 1.38 bits per heavy atom. The zero-order valence-corrected chi connectivity index (χ0v) is 8.96. The summed E-state index contributed by atoms with van der Waals surface area (Å²) in [5, 5.41) is 0. The molecule has 1 aliphatic heterocycles. The quantitative estimate of drug-likeness (QED) is 0.671. The van der Waals surface area contributed by atoms with Gasteiger partial charge in [0, 0.05) is 6.54 Å². The lowest BCUT2D eigenvalue weighted by atomic mass is 10.1. The van der Waals surface area contributed by atoms with E-state index in [-0.39, 0.29) is 18.2 Å². The third-order valence-electron chi connectivity index (χ3n) is 2.60. The highest BCUT2D eigenvalue weighted by Gasteiger charge is 2.36. The fraction of sp³-hybridized carbons (Fsp3) is 1.00. The summed E-state index contributed by atoms with van der Waals surface area (Å²) < 4.78 is 19.0. The summed E-state index contributed by atoms with van der Waals surface area (Å²) in [6.07, 6.45) is 0.0879. The van der Waals surface area contributed by atoms with Crippen LogP contribution in [0.1, 0.15) is 27.2 Å². The van der Waals surface area contributed by atoms with Crippen LogP contribution in [0, 0.1) is 0 Å². The van der Waals surface area contributed by atoms with Crippen LogP contribution in [-0.2, 0) is 4.74 Å². The predicted molar refractivity (Wildman–Crippen MR) is 51.6 cm³/mol. The van der Waals surface area contributed by atoms with Gasteiger partial charge >= 0.3 is 0 Å². The number of hydrogen-bond acceptors (Lipinski definition) is 2. The molecule has 1 saturated heterocycles. The van der Waals surface area contributed by atoms with Crippen molar-refractivity contribution in [3.05, 3.63) is 0 Å². The second kappa shape index (κ2) is 4.38. The van der Waals surface area contributed by atoms with E-state index in [4.69, 9.17) is 4.74 Å². The van der Waals surface area contributed by atoms with Gasteiger partial charge in [-0.2, -0.15) is 0 Å². The molecule has 1 heterocycles. The third-order valence-corrected chi connectivity index (χ3v) is 2.60. The maximum Gasteiger partial charge on any atom is 0.119 e. The second-order valence-electron chi connectivity index (χ2n) is 4.17. The molecule has 0 saturated carbocycles. The van der Waals surface area contributed by atoms with E-state index in [1.165, 1.54) is 0 Å². The number of likely N-dealkylation sites (tertiary alicyclic amines) is 1. The van der Waals surface area contributed by atoms with Crippen LogP contribution in [0.5, 0.6) is 0 Å². The minimum absolute atomic E-state index is 0.0116. The molecule has 0 N–H and O–H groups in total. The van der Waals surface area contributed by atoms with Gasteiger partial charge < -0.3 is 4.74 Å². The average Bonchev–Trinajstić information content (AvgIpc) is 2.29. The molecule has 1 fully saturated rings. The average molecular weight is 189 g/mol. The van der Waals surface area contributed by atoms with Crippen LogP contribution in [0.4, 0.5) is 4.39 Å². The first-order chi connectivity index (χ1) is 6.02. The van der Waals surface area contributed by atoms with Crippen molar-refractivity contribution < 1.29 is 9.13 Å². The van der Waals surface area contributed by atoms with E-state index in [0.29, 0.717) is 6.42 Å². The fourth-order valence-electron chi connectivity index (χ4n) is 2.09. The number of ether oxygens (including phenoxy) is 1. The summed E-state index contributed by atoms with van der Waals surface area (Å²) in [7, 11) is 1.96. The van der Waals surface area contributed by atoms with Crippen molar-refractivity contribution in [2.75, 3.05) is 13.6 Å². The summed E-state index contributed by atoms with van der Waals surface area (Å²) in [5.41, 5.74) is 0. The van der Waals surface area contributed by atoms with Gasteiger partial charge in [-0.15, -0.1) is 0 Å². The largest absolute Gasteiger partial charge is 0.374 e. The Morgan fingerprint density at radius 3 is 2.38 bits per heavy atom. The first-order valence-corrected chi connectivity index (χ1v) is 5.02. The zero-order valence-electron chi connectivity index (χ0n) is 8.96. The van der Waals surface area contributed by atoms with Gasteiger partial charge in [0.1, 0.15) is 6.17 Å². The summed E-state index contributed by atoms with van der Waals surface area (Å²) in [6.45, 7) is 6.77. The molecule has 0 aromatic heterocycles. The van der Waals surface area contributed by atoms with Gasteiger partial charge in [0.05, 0.1) is 18.2 Å². The van der Waals surface area contributed by atoms with Crippen molar-refractivity contribution in [1.82, 2.24) is 4.90 Å². The Hall–Kier alpha value is -0.150. The highest BCUT2D eigenvalue weighted by atomic mass is 19.1. The van der Waals surface area contributed by atoms with Gasteiger partial charge in [-0.1, -0.05) is 0 Å². The van der Waals surface area contributed by atoms with E-state index in [9.17, 15) is 4.39 Å². The molecule has 0 spiro atoms. The molecule has 3 heteroatoms. The predicted octanol–water partition coefficient (Wildman–Crippen LogP) is 1.84. The normalized spacial score (nSPS) is 32.8. The fourth-order valence-corrected chi connectivity index (χ4v) is 2.09. The van der Waals surface area contributed by atoms with Gasteiger partial charge in [0.15, 0.2) is 0 Å². The first-order valence-electron chi connectivity index (χ1n) is 5.02. The highest BCUT2D eigenvalue weighted by molar-refractivity contribution is 4.89. The Balaban J connectivity index is 2.48. The lowest BCUT2D eigenvalue weighted by Gasteiger charge is -2.28. The number of likely N-dealkylation sites (N-methyl/N-ethyl adjacent to an activating group) is 1. The molecular formula is C10H20FNO. The molecule has 13 heavy (non-hydrogen) atoms. The van der Waals surface area contributed by atoms with Crippen LogP contribution in [0.2, 0.25) is 0 Å². The molecule has 1 rings (SSSR count). The van der Waals surface area contributed by atoms with E-state index in [2.05, 4.69) is 4.90 Å². The first kappa shape index (κ1) is 10.9. The zero-order chi connectivity index (χ0) is 10.0. The molecule has 0 aliphatic carbocycles. The Kier molecular flexibility index (Phi) is 3.68.